The minimum atomic E-state index is -0.846. The summed E-state index contributed by atoms with van der Waals surface area (Å²) >= 11 is 0. The largest absolute Gasteiger partial charge is 0.489 e. The molecule has 0 saturated carbocycles. The third-order valence-corrected chi connectivity index (χ3v) is 4.46. The van der Waals surface area contributed by atoms with Crippen molar-refractivity contribution in [2.45, 2.75) is 20.5 Å². The fourth-order valence-corrected chi connectivity index (χ4v) is 2.65. The van der Waals surface area contributed by atoms with Crippen molar-refractivity contribution < 1.29 is 14.3 Å². The van der Waals surface area contributed by atoms with Crippen LogP contribution in [0.2, 0.25) is 0 Å². The number of nitrogens with one attached hydrogen (secondary N) is 2. The van der Waals surface area contributed by atoms with Gasteiger partial charge in [0.05, 0.1) is 6.21 Å². The summed E-state index contributed by atoms with van der Waals surface area (Å²) in [5.74, 6) is -0.946. The van der Waals surface area contributed by atoms with Crippen molar-refractivity contribution in [2.75, 3.05) is 5.32 Å². The molecule has 2 N–H and O–H groups in total. The lowest BCUT2D eigenvalue weighted by Crippen LogP contribution is -2.32. The summed E-state index contributed by atoms with van der Waals surface area (Å²) < 4.78 is 5.77. The molecule has 2 amide bonds. The second-order valence-electron chi connectivity index (χ2n) is 6.80. The Morgan fingerprint density at radius 1 is 0.900 bits per heavy atom. The molecular weight excluding hydrogens is 378 g/mol. The fourth-order valence-electron chi connectivity index (χ4n) is 2.65. The molecule has 30 heavy (non-hydrogen) atoms. The molecule has 6 heteroatoms. The van der Waals surface area contributed by atoms with E-state index in [2.05, 4.69) is 15.8 Å². The van der Waals surface area contributed by atoms with Gasteiger partial charge in [-0.15, -0.1) is 0 Å². The van der Waals surface area contributed by atoms with E-state index in [9.17, 15) is 9.59 Å². The number of benzene rings is 3. The Labute approximate surface area is 175 Å². The van der Waals surface area contributed by atoms with Crippen molar-refractivity contribution in [3.8, 4) is 5.75 Å². The van der Waals surface area contributed by atoms with Gasteiger partial charge in [-0.3, -0.25) is 9.59 Å². The molecule has 0 aliphatic heterocycles. The predicted octanol–water partition coefficient (Wildman–Crippen LogP) is 3.97. The molecule has 0 spiro atoms. The van der Waals surface area contributed by atoms with Gasteiger partial charge in [0.2, 0.25) is 0 Å². The van der Waals surface area contributed by atoms with E-state index in [1.54, 1.807) is 12.1 Å². The zero-order chi connectivity index (χ0) is 21.3. The molecular formula is C24H23N3O3. The van der Waals surface area contributed by atoms with Gasteiger partial charge in [0.15, 0.2) is 0 Å². The molecule has 0 aliphatic carbocycles. The first-order chi connectivity index (χ1) is 14.5. The highest BCUT2D eigenvalue weighted by Gasteiger charge is 2.13. The van der Waals surface area contributed by atoms with Crippen molar-refractivity contribution >= 4 is 23.7 Å². The molecule has 3 rings (SSSR count). The van der Waals surface area contributed by atoms with Crippen molar-refractivity contribution in [2.24, 2.45) is 5.10 Å². The quantitative estimate of drug-likeness (QED) is 0.373. The monoisotopic (exact) mass is 401 g/mol. The second-order valence-corrected chi connectivity index (χ2v) is 6.80. The Hall–Kier alpha value is -3.93. The zero-order valence-corrected chi connectivity index (χ0v) is 16.9. The van der Waals surface area contributed by atoms with Gasteiger partial charge >= 0.3 is 11.8 Å². The summed E-state index contributed by atoms with van der Waals surface area (Å²) in [5.41, 5.74) is 6.73. The van der Waals surface area contributed by atoms with Crippen molar-refractivity contribution in [1.82, 2.24) is 5.43 Å². The Bertz CT molecular complexity index is 1060. The van der Waals surface area contributed by atoms with Crippen molar-refractivity contribution in [1.29, 1.82) is 0 Å². The molecule has 0 unspecified atom stereocenters. The van der Waals surface area contributed by atoms with Crippen LogP contribution in [0.4, 0.5) is 5.69 Å². The molecule has 0 atom stereocenters. The maximum absolute atomic E-state index is 12.0. The highest BCUT2D eigenvalue weighted by molar-refractivity contribution is 6.39. The molecule has 0 aliphatic rings. The Morgan fingerprint density at radius 2 is 1.70 bits per heavy atom. The van der Waals surface area contributed by atoms with Gasteiger partial charge in [0, 0.05) is 5.69 Å². The average Bonchev–Trinajstić information content (AvgIpc) is 2.76. The summed E-state index contributed by atoms with van der Waals surface area (Å²) in [6.07, 6.45) is 1.45. The normalized spacial score (nSPS) is 10.6. The number of carbonyl (C=O) groups excluding carboxylic acids is 2. The molecule has 152 valence electrons. The van der Waals surface area contributed by atoms with E-state index in [-0.39, 0.29) is 0 Å². The van der Waals surface area contributed by atoms with Crippen LogP contribution in [0.3, 0.4) is 0 Å². The van der Waals surface area contributed by atoms with E-state index in [4.69, 9.17) is 4.74 Å². The summed E-state index contributed by atoms with van der Waals surface area (Å²) in [6.45, 7) is 4.37. The minimum absolute atomic E-state index is 0.455. The maximum atomic E-state index is 12.0. The number of hydrogen-bond acceptors (Lipinski definition) is 4. The van der Waals surface area contributed by atoms with Crippen LogP contribution in [0, 0.1) is 13.8 Å². The van der Waals surface area contributed by atoms with Crippen LogP contribution < -0.4 is 15.5 Å². The maximum Gasteiger partial charge on any atom is 0.329 e. The fraction of sp³-hybridized carbons (Fsp3) is 0.125. The SMILES string of the molecule is Cc1ccc(NC(=O)C(=O)N/N=C/c2cccc(OCc3ccccc3)c2)cc1C. The first-order valence-electron chi connectivity index (χ1n) is 9.50. The van der Waals surface area contributed by atoms with Crippen LogP contribution in [0.5, 0.6) is 5.75 Å². The summed E-state index contributed by atoms with van der Waals surface area (Å²) in [7, 11) is 0. The van der Waals surface area contributed by atoms with Gasteiger partial charge in [-0.2, -0.15) is 5.10 Å². The van der Waals surface area contributed by atoms with Crippen molar-refractivity contribution in [3.05, 3.63) is 95.1 Å². The smallest absolute Gasteiger partial charge is 0.329 e. The average molecular weight is 401 g/mol. The molecule has 0 radical (unpaired) electrons. The lowest BCUT2D eigenvalue weighted by atomic mass is 10.1. The first kappa shape index (κ1) is 20.8. The lowest BCUT2D eigenvalue weighted by Gasteiger charge is -2.07. The molecule has 0 fully saturated rings. The van der Waals surface area contributed by atoms with Gasteiger partial charge in [-0.1, -0.05) is 48.5 Å². The van der Waals surface area contributed by atoms with E-state index >= 15 is 0 Å². The Kier molecular flexibility index (Phi) is 6.95. The number of anilines is 1. The number of nitrogens with zero attached hydrogens (tertiary/aromatic N) is 1. The second kappa shape index (κ2) is 10.0. The number of aryl methyl sites for hydroxylation is 2. The third-order valence-electron chi connectivity index (χ3n) is 4.46. The Morgan fingerprint density at radius 3 is 2.47 bits per heavy atom. The number of amides is 2. The van der Waals surface area contributed by atoms with Gasteiger partial charge in [0.25, 0.3) is 0 Å². The molecule has 0 aromatic heterocycles. The van der Waals surface area contributed by atoms with Crippen molar-refractivity contribution in [3.63, 3.8) is 0 Å². The summed E-state index contributed by atoms with van der Waals surface area (Å²) in [4.78, 5) is 24.0. The number of carbonyl (C=O) groups is 2. The molecule has 0 bridgehead atoms. The van der Waals surface area contributed by atoms with Crippen LogP contribution in [0.1, 0.15) is 22.3 Å². The van der Waals surface area contributed by atoms with E-state index in [0.29, 0.717) is 18.0 Å². The number of rotatable bonds is 6. The molecule has 3 aromatic carbocycles. The molecule has 0 saturated heterocycles. The third kappa shape index (κ3) is 6.04. The lowest BCUT2D eigenvalue weighted by molar-refractivity contribution is -0.136. The molecule has 0 heterocycles. The van der Waals surface area contributed by atoms with E-state index in [0.717, 1.165) is 22.3 Å². The van der Waals surface area contributed by atoms with Crippen LogP contribution in [-0.4, -0.2) is 18.0 Å². The zero-order valence-electron chi connectivity index (χ0n) is 16.9. The molecule has 6 nitrogen and oxygen atoms in total. The van der Waals surface area contributed by atoms with Gasteiger partial charge in [-0.05, 0) is 60.4 Å². The van der Waals surface area contributed by atoms with Crippen LogP contribution >= 0.6 is 0 Å². The summed E-state index contributed by atoms with van der Waals surface area (Å²) in [6, 6.07) is 22.6. The van der Waals surface area contributed by atoms with E-state index < -0.39 is 11.8 Å². The number of ether oxygens (including phenoxy) is 1. The minimum Gasteiger partial charge on any atom is -0.489 e. The van der Waals surface area contributed by atoms with E-state index in [1.165, 1.54) is 6.21 Å². The van der Waals surface area contributed by atoms with E-state index in [1.807, 2.05) is 74.5 Å². The van der Waals surface area contributed by atoms with Gasteiger partial charge < -0.3 is 10.1 Å². The van der Waals surface area contributed by atoms with Crippen LogP contribution in [0.25, 0.3) is 0 Å². The number of hydrogen-bond donors (Lipinski definition) is 2. The highest BCUT2D eigenvalue weighted by atomic mass is 16.5. The van der Waals surface area contributed by atoms with Crippen LogP contribution in [-0.2, 0) is 16.2 Å². The number of hydrazone groups is 1. The van der Waals surface area contributed by atoms with Crippen LogP contribution in [0.15, 0.2) is 77.9 Å². The summed E-state index contributed by atoms with van der Waals surface area (Å²) in [5, 5.41) is 6.41. The Balaban J connectivity index is 1.52. The highest BCUT2D eigenvalue weighted by Crippen LogP contribution is 2.15. The predicted molar refractivity (Wildman–Crippen MR) is 117 cm³/mol. The van der Waals surface area contributed by atoms with Gasteiger partial charge in [-0.25, -0.2) is 5.43 Å². The van der Waals surface area contributed by atoms with Gasteiger partial charge in [0.1, 0.15) is 12.4 Å². The first-order valence-corrected chi connectivity index (χ1v) is 9.50. The standard InChI is InChI=1S/C24H23N3O3/c1-17-11-12-21(13-18(17)2)26-23(28)24(29)27-25-15-20-9-6-10-22(14-20)30-16-19-7-4-3-5-8-19/h3-15H,16H2,1-2H3,(H,26,28)(H,27,29)/b25-15+. The topological polar surface area (TPSA) is 79.8 Å². The molecule has 3 aromatic rings.